The van der Waals surface area contributed by atoms with Gasteiger partial charge in [-0.2, -0.15) is 0 Å². The summed E-state index contributed by atoms with van der Waals surface area (Å²) in [6.45, 7) is 5.53. The van der Waals surface area contributed by atoms with Gasteiger partial charge in [-0.05, 0) is 27.0 Å². The molecule has 0 aliphatic rings. The van der Waals surface area contributed by atoms with Crippen molar-refractivity contribution in [3.63, 3.8) is 0 Å². The van der Waals surface area contributed by atoms with E-state index in [0.717, 1.165) is 5.69 Å². The van der Waals surface area contributed by atoms with Crippen LogP contribution in [0.1, 0.15) is 19.5 Å². The Morgan fingerprint density at radius 2 is 2.11 bits per heavy atom. The second kappa shape index (κ2) is 6.51. The average molecular weight is 288 g/mol. The van der Waals surface area contributed by atoms with Gasteiger partial charge >= 0.3 is 0 Å². The Balaban J connectivity index is 2.65. The number of nitrogens with zero attached hydrogens (tertiary/aromatic N) is 2. The molecule has 0 amide bonds. The first-order valence-electron chi connectivity index (χ1n) is 6.33. The summed E-state index contributed by atoms with van der Waals surface area (Å²) in [7, 11) is 0.305. The van der Waals surface area contributed by atoms with Gasteiger partial charge in [0.15, 0.2) is 0 Å². The molecule has 7 heteroatoms. The van der Waals surface area contributed by atoms with E-state index in [-0.39, 0.29) is 4.90 Å². The smallest absolute Gasteiger partial charge is 0.242 e. The second-order valence-electron chi connectivity index (χ2n) is 4.95. The molecule has 3 N–H and O–H groups in total. The lowest BCUT2D eigenvalue weighted by atomic mass is 10.3. The summed E-state index contributed by atoms with van der Waals surface area (Å²) >= 11 is 0. The highest BCUT2D eigenvalue weighted by Crippen LogP contribution is 2.12. The van der Waals surface area contributed by atoms with E-state index in [2.05, 4.69) is 23.5 Å². The van der Waals surface area contributed by atoms with Gasteiger partial charge in [-0.25, -0.2) is 13.1 Å². The maximum Gasteiger partial charge on any atom is 0.242 e. The van der Waals surface area contributed by atoms with Gasteiger partial charge in [0, 0.05) is 44.6 Å². The maximum absolute atomic E-state index is 12.1. The highest BCUT2D eigenvalue weighted by molar-refractivity contribution is 7.89. The molecule has 110 valence electrons. The lowest BCUT2D eigenvalue weighted by Gasteiger charge is -2.20. The zero-order valence-electron chi connectivity index (χ0n) is 12.0. The lowest BCUT2D eigenvalue weighted by molar-refractivity contribution is 0.278. The summed E-state index contributed by atoms with van der Waals surface area (Å²) in [4.78, 5) is 2.35. The Morgan fingerprint density at radius 1 is 1.47 bits per heavy atom. The van der Waals surface area contributed by atoms with Crippen molar-refractivity contribution in [1.29, 1.82) is 0 Å². The Morgan fingerprint density at radius 3 is 2.58 bits per heavy atom. The molecule has 0 saturated carbocycles. The zero-order valence-corrected chi connectivity index (χ0v) is 12.9. The number of aromatic nitrogens is 1. The number of aryl methyl sites for hydroxylation is 1. The molecule has 0 aromatic carbocycles. The predicted molar refractivity (Wildman–Crippen MR) is 76.3 cm³/mol. The quantitative estimate of drug-likeness (QED) is 0.746. The average Bonchev–Trinajstić information content (AvgIpc) is 2.70. The van der Waals surface area contributed by atoms with Crippen molar-refractivity contribution in [2.24, 2.45) is 12.8 Å². The summed E-state index contributed by atoms with van der Waals surface area (Å²) in [6.07, 6.45) is 1.58. The Bertz CT molecular complexity index is 508. The van der Waals surface area contributed by atoms with Crippen LogP contribution in [-0.2, 0) is 23.6 Å². The molecule has 1 aromatic heterocycles. The number of nitrogens with two attached hydrogens (primary N) is 1. The van der Waals surface area contributed by atoms with Gasteiger partial charge in [-0.15, -0.1) is 0 Å². The Kier molecular flexibility index (Phi) is 5.54. The van der Waals surface area contributed by atoms with Crippen LogP contribution in [0.3, 0.4) is 0 Å². The van der Waals surface area contributed by atoms with Crippen molar-refractivity contribution in [3.8, 4) is 0 Å². The number of hydrogen-bond acceptors (Lipinski definition) is 4. The molecule has 0 atom stereocenters. The van der Waals surface area contributed by atoms with E-state index in [1.165, 1.54) is 0 Å². The predicted octanol–water partition coefficient (Wildman–Crippen LogP) is 0.102. The summed E-state index contributed by atoms with van der Waals surface area (Å²) < 4.78 is 28.5. The third kappa shape index (κ3) is 4.31. The normalized spacial score (nSPS) is 12.6. The van der Waals surface area contributed by atoms with E-state index < -0.39 is 10.0 Å². The summed E-state index contributed by atoms with van der Waals surface area (Å²) in [5.41, 5.74) is 6.33. The molecule has 19 heavy (non-hydrogen) atoms. The van der Waals surface area contributed by atoms with Crippen LogP contribution < -0.4 is 10.5 Å². The van der Waals surface area contributed by atoms with E-state index in [1.807, 2.05) is 7.05 Å². The SMILES string of the molecule is CC(C)N(C)CCNS(=O)(=O)c1cc(CN)n(C)c1. The van der Waals surface area contributed by atoms with Crippen LogP contribution in [0.15, 0.2) is 17.2 Å². The molecular formula is C12H24N4O2S. The molecule has 1 rings (SSSR count). The van der Waals surface area contributed by atoms with Crippen LogP contribution in [0.25, 0.3) is 0 Å². The first-order valence-corrected chi connectivity index (χ1v) is 7.81. The van der Waals surface area contributed by atoms with E-state index in [4.69, 9.17) is 5.73 Å². The number of nitrogens with one attached hydrogen (secondary N) is 1. The van der Waals surface area contributed by atoms with Gasteiger partial charge in [0.1, 0.15) is 0 Å². The fourth-order valence-corrected chi connectivity index (χ4v) is 2.74. The standard InChI is InChI=1S/C12H24N4O2S/c1-10(2)15(3)6-5-14-19(17,18)12-7-11(8-13)16(4)9-12/h7,9-10,14H,5-6,8,13H2,1-4H3. The highest BCUT2D eigenvalue weighted by atomic mass is 32.2. The van der Waals surface area contributed by atoms with Crippen LogP contribution in [0.2, 0.25) is 0 Å². The molecule has 0 radical (unpaired) electrons. The van der Waals surface area contributed by atoms with Crippen molar-refractivity contribution in [2.45, 2.75) is 31.3 Å². The zero-order chi connectivity index (χ0) is 14.6. The minimum absolute atomic E-state index is 0.266. The van der Waals surface area contributed by atoms with Crippen molar-refractivity contribution < 1.29 is 8.42 Å². The molecule has 1 aromatic rings. The molecule has 0 unspecified atom stereocenters. The number of hydrogen-bond donors (Lipinski definition) is 2. The van der Waals surface area contributed by atoms with Crippen LogP contribution in [0.5, 0.6) is 0 Å². The Labute approximate surface area is 115 Å². The monoisotopic (exact) mass is 288 g/mol. The number of sulfonamides is 1. The number of likely N-dealkylation sites (N-methyl/N-ethyl adjacent to an activating group) is 1. The van der Waals surface area contributed by atoms with Crippen molar-refractivity contribution >= 4 is 10.0 Å². The molecule has 0 saturated heterocycles. The molecular weight excluding hydrogens is 264 g/mol. The first-order chi connectivity index (χ1) is 8.77. The fraction of sp³-hybridized carbons (Fsp3) is 0.667. The maximum atomic E-state index is 12.1. The lowest BCUT2D eigenvalue weighted by Crippen LogP contribution is -2.36. The van der Waals surface area contributed by atoms with Gasteiger partial charge in [0.05, 0.1) is 4.90 Å². The van der Waals surface area contributed by atoms with Crippen molar-refractivity contribution in [1.82, 2.24) is 14.2 Å². The summed E-state index contributed by atoms with van der Waals surface area (Å²) in [5, 5.41) is 0. The molecule has 0 aliphatic carbocycles. The topological polar surface area (TPSA) is 80.4 Å². The molecule has 0 fully saturated rings. The molecule has 0 spiro atoms. The van der Waals surface area contributed by atoms with Gasteiger partial charge in [-0.3, -0.25) is 0 Å². The van der Waals surface area contributed by atoms with E-state index in [1.54, 1.807) is 23.9 Å². The summed E-state index contributed by atoms with van der Waals surface area (Å²) in [5.74, 6) is 0. The second-order valence-corrected chi connectivity index (χ2v) is 6.72. The van der Waals surface area contributed by atoms with E-state index >= 15 is 0 Å². The minimum Gasteiger partial charge on any atom is -0.352 e. The molecule has 6 nitrogen and oxygen atoms in total. The highest BCUT2D eigenvalue weighted by Gasteiger charge is 2.17. The van der Waals surface area contributed by atoms with Gasteiger partial charge < -0.3 is 15.2 Å². The molecule has 1 heterocycles. The van der Waals surface area contributed by atoms with Crippen LogP contribution in [-0.4, -0.2) is 44.1 Å². The van der Waals surface area contributed by atoms with Crippen molar-refractivity contribution in [2.75, 3.05) is 20.1 Å². The third-order valence-corrected chi connectivity index (χ3v) is 4.67. The summed E-state index contributed by atoms with van der Waals surface area (Å²) in [6, 6.07) is 2.00. The number of rotatable bonds is 7. The van der Waals surface area contributed by atoms with Crippen LogP contribution >= 0.6 is 0 Å². The van der Waals surface area contributed by atoms with Gasteiger partial charge in [-0.1, -0.05) is 0 Å². The van der Waals surface area contributed by atoms with E-state index in [9.17, 15) is 8.42 Å². The molecule has 0 aliphatic heterocycles. The van der Waals surface area contributed by atoms with Crippen LogP contribution in [0.4, 0.5) is 0 Å². The molecule has 0 bridgehead atoms. The minimum atomic E-state index is -3.45. The van der Waals surface area contributed by atoms with Crippen molar-refractivity contribution in [3.05, 3.63) is 18.0 Å². The first kappa shape index (κ1) is 16.2. The van der Waals surface area contributed by atoms with Gasteiger partial charge in [0.2, 0.25) is 10.0 Å². The fourth-order valence-electron chi connectivity index (χ4n) is 1.62. The van der Waals surface area contributed by atoms with Crippen LogP contribution in [0, 0.1) is 0 Å². The van der Waals surface area contributed by atoms with Gasteiger partial charge in [0.25, 0.3) is 0 Å². The third-order valence-electron chi connectivity index (χ3n) is 3.24. The Hall–Kier alpha value is -0.890. The largest absolute Gasteiger partial charge is 0.352 e. The van der Waals surface area contributed by atoms with E-state index in [0.29, 0.717) is 25.7 Å².